The van der Waals surface area contributed by atoms with Gasteiger partial charge in [0.05, 0.1) is 17.9 Å². The fourth-order valence-corrected chi connectivity index (χ4v) is 4.15. The van der Waals surface area contributed by atoms with Gasteiger partial charge in [0, 0.05) is 24.6 Å². The predicted octanol–water partition coefficient (Wildman–Crippen LogP) is 6.05. The van der Waals surface area contributed by atoms with Crippen LogP contribution in [-0.2, 0) is 16.0 Å². The summed E-state index contributed by atoms with van der Waals surface area (Å²) >= 11 is 0. The average molecular weight is 495 g/mol. The number of carbonyl (C=O) groups is 2. The highest BCUT2D eigenvalue weighted by Crippen LogP contribution is 2.25. The van der Waals surface area contributed by atoms with Crippen molar-refractivity contribution in [2.24, 2.45) is 0 Å². The first kappa shape index (κ1) is 25.9. The second kappa shape index (κ2) is 12.7. The molecule has 0 saturated heterocycles. The molecule has 2 amide bonds. The molecule has 0 unspecified atom stereocenters. The molecule has 3 aromatic carbocycles. The van der Waals surface area contributed by atoms with Gasteiger partial charge in [-0.05, 0) is 37.5 Å². The summed E-state index contributed by atoms with van der Waals surface area (Å²) in [7, 11) is 0. The molecule has 1 heterocycles. The van der Waals surface area contributed by atoms with Crippen LogP contribution < -0.4 is 5.32 Å². The Kier molecular flexibility index (Phi) is 8.87. The van der Waals surface area contributed by atoms with Crippen molar-refractivity contribution in [2.75, 3.05) is 18.4 Å². The van der Waals surface area contributed by atoms with Gasteiger partial charge in [-0.3, -0.25) is 9.59 Å². The molecule has 0 aliphatic heterocycles. The van der Waals surface area contributed by atoms with Crippen LogP contribution in [0.2, 0.25) is 0 Å². The van der Waals surface area contributed by atoms with Gasteiger partial charge in [0.1, 0.15) is 5.82 Å². The number of hydrogen-bond donors (Lipinski definition) is 1. The van der Waals surface area contributed by atoms with Crippen molar-refractivity contribution >= 4 is 17.6 Å². The Morgan fingerprint density at radius 1 is 0.919 bits per heavy atom. The second-order valence-electron chi connectivity index (χ2n) is 9.23. The van der Waals surface area contributed by atoms with Gasteiger partial charge in [-0.1, -0.05) is 91.7 Å². The lowest BCUT2D eigenvalue weighted by Gasteiger charge is -2.22. The second-order valence-corrected chi connectivity index (χ2v) is 9.23. The number of aryl methyl sites for hydroxylation is 2. The number of unbranched alkanes of at least 4 members (excludes halogenated alkanes) is 1. The van der Waals surface area contributed by atoms with Crippen molar-refractivity contribution in [1.82, 2.24) is 14.7 Å². The first-order chi connectivity index (χ1) is 18.0. The van der Waals surface area contributed by atoms with Crippen LogP contribution in [0.4, 0.5) is 5.82 Å². The number of aromatic nitrogens is 2. The highest BCUT2D eigenvalue weighted by Gasteiger charge is 2.19. The third-order valence-corrected chi connectivity index (χ3v) is 6.26. The molecule has 0 spiro atoms. The van der Waals surface area contributed by atoms with Crippen molar-refractivity contribution in [3.63, 3.8) is 0 Å². The first-order valence-corrected chi connectivity index (χ1v) is 12.9. The van der Waals surface area contributed by atoms with Crippen molar-refractivity contribution < 1.29 is 9.59 Å². The largest absolute Gasteiger partial charge is 0.333 e. The first-order valence-electron chi connectivity index (χ1n) is 12.9. The lowest BCUT2D eigenvalue weighted by Crippen LogP contribution is -2.39. The summed E-state index contributed by atoms with van der Waals surface area (Å²) in [6.07, 6.45) is 2.83. The Morgan fingerprint density at radius 2 is 1.59 bits per heavy atom. The van der Waals surface area contributed by atoms with Gasteiger partial charge in [0.15, 0.2) is 0 Å². The molecule has 4 rings (SSSR count). The Morgan fingerprint density at radius 3 is 2.27 bits per heavy atom. The van der Waals surface area contributed by atoms with Gasteiger partial charge >= 0.3 is 0 Å². The van der Waals surface area contributed by atoms with Gasteiger partial charge in [-0.15, -0.1) is 0 Å². The Hall–Kier alpha value is -4.19. The molecule has 1 aromatic heterocycles. The van der Waals surface area contributed by atoms with Crippen LogP contribution in [0.25, 0.3) is 16.9 Å². The molecule has 0 saturated carbocycles. The summed E-state index contributed by atoms with van der Waals surface area (Å²) in [6.45, 7) is 4.68. The van der Waals surface area contributed by atoms with E-state index in [0.717, 1.165) is 40.9 Å². The average Bonchev–Trinajstić information content (AvgIpc) is 3.34. The maximum atomic E-state index is 13.2. The minimum atomic E-state index is -0.239. The molecule has 37 heavy (non-hydrogen) atoms. The van der Waals surface area contributed by atoms with E-state index in [2.05, 4.69) is 12.2 Å². The third-order valence-electron chi connectivity index (χ3n) is 6.26. The van der Waals surface area contributed by atoms with Crippen LogP contribution >= 0.6 is 0 Å². The molecule has 6 heteroatoms. The van der Waals surface area contributed by atoms with E-state index in [1.807, 2.05) is 97.9 Å². The van der Waals surface area contributed by atoms with E-state index < -0.39 is 0 Å². The highest BCUT2D eigenvalue weighted by molar-refractivity contribution is 5.94. The smallest absolute Gasteiger partial charge is 0.245 e. The van der Waals surface area contributed by atoms with Crippen molar-refractivity contribution in [1.29, 1.82) is 0 Å². The fraction of sp³-hybridized carbons (Fsp3) is 0.258. The minimum Gasteiger partial charge on any atom is -0.333 e. The number of hydrogen-bond acceptors (Lipinski definition) is 3. The third kappa shape index (κ3) is 7.17. The van der Waals surface area contributed by atoms with Crippen LogP contribution in [0.3, 0.4) is 0 Å². The molecule has 0 fully saturated rings. The standard InChI is InChI=1S/C31H34N4O2/c1-3-4-21-34(31(37)20-17-25-11-7-5-8-12-25)23-30(36)32-29-22-28(26-13-9-6-10-14-26)33-35(29)27-18-15-24(2)16-19-27/h5-16,18-19,22H,3-4,17,20-21,23H2,1-2H3,(H,32,36). The van der Waals surface area contributed by atoms with Gasteiger partial charge in [-0.2, -0.15) is 5.10 Å². The molecule has 0 aliphatic rings. The zero-order valence-electron chi connectivity index (χ0n) is 21.6. The van der Waals surface area contributed by atoms with Crippen LogP contribution in [0.1, 0.15) is 37.3 Å². The minimum absolute atomic E-state index is 0.00731. The number of rotatable bonds is 11. The zero-order valence-corrected chi connectivity index (χ0v) is 21.6. The SMILES string of the molecule is CCCCN(CC(=O)Nc1cc(-c2ccccc2)nn1-c1ccc(C)cc1)C(=O)CCc1ccccc1. The van der Waals surface area contributed by atoms with Crippen LogP contribution in [0, 0.1) is 6.92 Å². The lowest BCUT2D eigenvalue weighted by atomic mass is 10.1. The Labute approximate surface area is 218 Å². The van der Waals surface area contributed by atoms with Gasteiger partial charge in [0.2, 0.25) is 11.8 Å². The molecule has 1 N–H and O–H groups in total. The monoisotopic (exact) mass is 494 g/mol. The number of benzene rings is 3. The summed E-state index contributed by atoms with van der Waals surface area (Å²) in [4.78, 5) is 27.9. The van der Waals surface area contributed by atoms with Crippen molar-refractivity contribution in [3.05, 3.63) is 102 Å². The Balaban J connectivity index is 1.51. The molecule has 0 bridgehead atoms. The molecular weight excluding hydrogens is 460 g/mol. The summed E-state index contributed by atoms with van der Waals surface area (Å²) in [5, 5.41) is 7.80. The zero-order chi connectivity index (χ0) is 26.0. The fourth-order valence-electron chi connectivity index (χ4n) is 4.15. The van der Waals surface area contributed by atoms with E-state index >= 15 is 0 Å². The van der Waals surface area contributed by atoms with E-state index in [0.29, 0.717) is 25.2 Å². The number of amides is 2. The van der Waals surface area contributed by atoms with E-state index in [9.17, 15) is 9.59 Å². The van der Waals surface area contributed by atoms with E-state index in [1.54, 1.807) is 9.58 Å². The van der Waals surface area contributed by atoms with Gasteiger partial charge in [0.25, 0.3) is 0 Å². The molecule has 0 radical (unpaired) electrons. The van der Waals surface area contributed by atoms with Gasteiger partial charge in [-0.25, -0.2) is 4.68 Å². The predicted molar refractivity (Wildman–Crippen MR) is 149 cm³/mol. The molecular formula is C31H34N4O2. The molecule has 0 aliphatic carbocycles. The maximum Gasteiger partial charge on any atom is 0.245 e. The number of anilines is 1. The van der Waals surface area contributed by atoms with E-state index in [-0.39, 0.29) is 18.4 Å². The number of nitrogens with one attached hydrogen (secondary N) is 1. The van der Waals surface area contributed by atoms with Crippen LogP contribution in [-0.4, -0.2) is 39.6 Å². The summed E-state index contributed by atoms with van der Waals surface area (Å²) in [5.74, 6) is 0.321. The maximum absolute atomic E-state index is 13.2. The summed E-state index contributed by atoms with van der Waals surface area (Å²) < 4.78 is 1.74. The summed E-state index contributed by atoms with van der Waals surface area (Å²) in [5.41, 5.74) is 4.84. The molecule has 0 atom stereocenters. The highest BCUT2D eigenvalue weighted by atomic mass is 16.2. The van der Waals surface area contributed by atoms with Crippen LogP contribution in [0.15, 0.2) is 91.0 Å². The Bertz CT molecular complexity index is 1300. The van der Waals surface area contributed by atoms with Crippen molar-refractivity contribution in [2.45, 2.75) is 39.5 Å². The number of nitrogens with zero attached hydrogens (tertiary/aromatic N) is 3. The van der Waals surface area contributed by atoms with E-state index in [4.69, 9.17) is 5.10 Å². The molecule has 4 aromatic rings. The molecule has 190 valence electrons. The summed E-state index contributed by atoms with van der Waals surface area (Å²) in [6, 6.07) is 29.7. The van der Waals surface area contributed by atoms with Crippen molar-refractivity contribution in [3.8, 4) is 16.9 Å². The normalized spacial score (nSPS) is 10.8. The quantitative estimate of drug-likeness (QED) is 0.276. The number of carbonyl (C=O) groups excluding carboxylic acids is 2. The lowest BCUT2D eigenvalue weighted by molar-refractivity contribution is -0.134. The topological polar surface area (TPSA) is 67.2 Å². The van der Waals surface area contributed by atoms with Gasteiger partial charge < -0.3 is 10.2 Å². The van der Waals surface area contributed by atoms with Crippen LogP contribution in [0.5, 0.6) is 0 Å². The molecule has 6 nitrogen and oxygen atoms in total. The van der Waals surface area contributed by atoms with E-state index in [1.165, 1.54) is 0 Å².